The molecule has 150 valence electrons. The summed E-state index contributed by atoms with van der Waals surface area (Å²) in [7, 11) is 0. The monoisotopic (exact) mass is 368 g/mol. The summed E-state index contributed by atoms with van der Waals surface area (Å²) in [5.41, 5.74) is -1.90. The van der Waals surface area contributed by atoms with Gasteiger partial charge in [0.1, 0.15) is 6.61 Å². The van der Waals surface area contributed by atoms with Gasteiger partial charge in [-0.1, -0.05) is 13.5 Å². The van der Waals surface area contributed by atoms with Gasteiger partial charge in [-0.25, -0.2) is 4.79 Å². The van der Waals surface area contributed by atoms with Crippen molar-refractivity contribution in [3.63, 3.8) is 0 Å². The maximum absolute atomic E-state index is 11.0. The van der Waals surface area contributed by atoms with Crippen molar-refractivity contribution in [2.75, 3.05) is 52.9 Å². The Kier molecular flexibility index (Phi) is 13.8. The Morgan fingerprint density at radius 2 is 1.32 bits per heavy atom. The highest BCUT2D eigenvalue weighted by Crippen LogP contribution is 2.25. The fourth-order valence-corrected chi connectivity index (χ4v) is 1.44. The fraction of sp³-hybridized carbons (Fsp3) is 0.812. The van der Waals surface area contributed by atoms with Crippen molar-refractivity contribution in [1.29, 1.82) is 0 Å². The van der Waals surface area contributed by atoms with E-state index in [0.717, 1.165) is 0 Å². The summed E-state index contributed by atoms with van der Waals surface area (Å²) in [6.45, 7) is 3.82. The van der Waals surface area contributed by atoms with Crippen molar-refractivity contribution < 1.29 is 45.3 Å². The van der Waals surface area contributed by atoms with E-state index >= 15 is 0 Å². The Labute approximate surface area is 147 Å². The van der Waals surface area contributed by atoms with Crippen LogP contribution in [-0.2, 0) is 9.53 Å². The molecule has 0 aromatic carbocycles. The Morgan fingerprint density at radius 1 is 0.920 bits per heavy atom. The third-order valence-corrected chi connectivity index (χ3v) is 4.13. The molecule has 0 heterocycles. The highest BCUT2D eigenvalue weighted by atomic mass is 16.5. The number of ether oxygens (including phenoxy) is 1. The molecule has 0 aromatic heterocycles. The number of esters is 1. The molecule has 0 radical (unpaired) electrons. The molecule has 1 atom stereocenters. The zero-order chi connectivity index (χ0) is 20.1. The zero-order valence-electron chi connectivity index (χ0n) is 14.9. The molecule has 0 rings (SSSR count). The van der Waals surface area contributed by atoms with E-state index in [2.05, 4.69) is 6.58 Å². The van der Waals surface area contributed by atoms with E-state index in [-0.39, 0.29) is 44.5 Å². The molecule has 0 amide bonds. The number of aliphatic hydroxyl groups excluding tert-OH is 7. The predicted molar refractivity (Wildman–Crippen MR) is 89.4 cm³/mol. The molecule has 0 fully saturated rings. The van der Waals surface area contributed by atoms with Crippen LogP contribution in [0.4, 0.5) is 0 Å². The van der Waals surface area contributed by atoms with Crippen LogP contribution in [0.1, 0.15) is 13.8 Å². The molecule has 9 nitrogen and oxygen atoms in total. The van der Waals surface area contributed by atoms with Gasteiger partial charge in [-0.3, -0.25) is 0 Å². The molecule has 0 saturated carbocycles. The zero-order valence-corrected chi connectivity index (χ0v) is 14.9. The van der Waals surface area contributed by atoms with Gasteiger partial charge in [0.2, 0.25) is 0 Å². The number of aliphatic hydroxyl groups is 7. The molecule has 0 bridgehead atoms. The van der Waals surface area contributed by atoms with Gasteiger partial charge in [-0.05, 0) is 12.8 Å². The number of carbonyl (C=O) groups excluding carboxylic acids is 1. The summed E-state index contributed by atoms with van der Waals surface area (Å²) in [4.78, 5) is 11.0. The Hall–Kier alpha value is -1.07. The Bertz CT molecular complexity index is 359. The predicted octanol–water partition coefficient (Wildman–Crippen LogP) is -2.35. The van der Waals surface area contributed by atoms with Gasteiger partial charge in [0.25, 0.3) is 0 Å². The largest absolute Gasteiger partial charge is 0.461 e. The van der Waals surface area contributed by atoms with Crippen molar-refractivity contribution in [2.24, 2.45) is 16.7 Å². The van der Waals surface area contributed by atoms with Crippen LogP contribution in [0.3, 0.4) is 0 Å². The summed E-state index contributed by atoms with van der Waals surface area (Å²) < 4.78 is 4.72. The van der Waals surface area contributed by atoms with Crippen LogP contribution in [0.25, 0.3) is 0 Å². The highest BCUT2D eigenvalue weighted by molar-refractivity contribution is 5.86. The van der Waals surface area contributed by atoms with Crippen LogP contribution in [-0.4, -0.2) is 94.6 Å². The van der Waals surface area contributed by atoms with Crippen LogP contribution in [0, 0.1) is 16.7 Å². The van der Waals surface area contributed by atoms with Gasteiger partial charge < -0.3 is 40.5 Å². The molecule has 0 spiro atoms. The summed E-state index contributed by atoms with van der Waals surface area (Å²) in [6, 6.07) is 0. The highest BCUT2D eigenvalue weighted by Gasteiger charge is 2.34. The lowest BCUT2D eigenvalue weighted by atomic mass is 9.79. The van der Waals surface area contributed by atoms with E-state index < -0.39 is 36.6 Å². The first-order valence-electron chi connectivity index (χ1n) is 7.76. The van der Waals surface area contributed by atoms with Crippen molar-refractivity contribution in [3.8, 4) is 0 Å². The minimum absolute atomic E-state index is 0.151. The lowest BCUT2D eigenvalue weighted by Gasteiger charge is -2.32. The first-order chi connectivity index (χ1) is 11.7. The summed E-state index contributed by atoms with van der Waals surface area (Å²) in [5.74, 6) is -0.910. The number of carbonyl (C=O) groups is 1. The second-order valence-corrected chi connectivity index (χ2v) is 6.25. The van der Waals surface area contributed by atoms with E-state index in [9.17, 15) is 4.79 Å². The fourth-order valence-electron chi connectivity index (χ4n) is 1.44. The van der Waals surface area contributed by atoms with Gasteiger partial charge >= 0.3 is 5.97 Å². The average Bonchev–Trinajstić information content (AvgIpc) is 2.65. The number of hydrogen-bond acceptors (Lipinski definition) is 9. The van der Waals surface area contributed by atoms with Gasteiger partial charge in [-0.2, -0.15) is 0 Å². The topological polar surface area (TPSA) is 168 Å². The molecule has 1 unspecified atom stereocenters. The lowest BCUT2D eigenvalue weighted by molar-refractivity contribution is -0.146. The van der Waals surface area contributed by atoms with Crippen molar-refractivity contribution in [1.82, 2.24) is 0 Å². The third-order valence-electron chi connectivity index (χ3n) is 4.13. The third kappa shape index (κ3) is 8.23. The normalized spacial score (nSPS) is 12.8. The molecule has 7 N–H and O–H groups in total. The van der Waals surface area contributed by atoms with Crippen LogP contribution < -0.4 is 0 Å². The van der Waals surface area contributed by atoms with Crippen molar-refractivity contribution >= 4 is 5.97 Å². The molecule has 0 aliphatic carbocycles. The minimum Gasteiger partial charge on any atom is -0.461 e. The Morgan fingerprint density at radius 3 is 1.52 bits per heavy atom. The SMILES string of the molecule is C=C(C)C(=O)OCC(CO)(CO)CO.CC(CO)C(CO)(CO)CO. The van der Waals surface area contributed by atoms with Crippen LogP contribution in [0.2, 0.25) is 0 Å². The molecule has 0 aromatic rings. The van der Waals surface area contributed by atoms with E-state index in [0.29, 0.717) is 0 Å². The van der Waals surface area contributed by atoms with Crippen LogP contribution in [0.5, 0.6) is 0 Å². The van der Waals surface area contributed by atoms with Crippen molar-refractivity contribution in [3.05, 3.63) is 12.2 Å². The van der Waals surface area contributed by atoms with Crippen LogP contribution in [0.15, 0.2) is 12.2 Å². The molecular formula is C16H32O9. The van der Waals surface area contributed by atoms with Crippen LogP contribution >= 0.6 is 0 Å². The minimum atomic E-state index is -1.18. The van der Waals surface area contributed by atoms with E-state index in [1.54, 1.807) is 6.92 Å². The smallest absolute Gasteiger partial charge is 0.333 e. The van der Waals surface area contributed by atoms with E-state index in [4.69, 9.17) is 40.5 Å². The number of rotatable bonds is 11. The molecule has 0 aliphatic rings. The van der Waals surface area contributed by atoms with Gasteiger partial charge in [0.05, 0.1) is 45.1 Å². The summed E-state index contributed by atoms with van der Waals surface area (Å²) >= 11 is 0. The van der Waals surface area contributed by atoms with Gasteiger partial charge in [0.15, 0.2) is 0 Å². The quantitative estimate of drug-likeness (QED) is 0.156. The molecule has 9 heteroatoms. The maximum Gasteiger partial charge on any atom is 0.333 e. The van der Waals surface area contributed by atoms with Crippen molar-refractivity contribution in [2.45, 2.75) is 13.8 Å². The van der Waals surface area contributed by atoms with E-state index in [1.165, 1.54) is 6.92 Å². The first kappa shape index (κ1) is 26.2. The molecule has 0 saturated heterocycles. The van der Waals surface area contributed by atoms with E-state index in [1.807, 2.05) is 0 Å². The molecule has 0 aliphatic heterocycles. The maximum atomic E-state index is 11.0. The molecule has 25 heavy (non-hydrogen) atoms. The average molecular weight is 368 g/mol. The number of hydrogen-bond donors (Lipinski definition) is 7. The second kappa shape index (κ2) is 13.2. The standard InChI is InChI=1S/C9H16O5.C7H16O4/c1-7(2)8(13)14-6-9(3-10,4-11)5-12;1-6(2-8)7(3-9,4-10)5-11/h10-12H,1,3-6H2,2H3;6,8-11H,2-5H2,1H3. The summed E-state index contributed by atoms with van der Waals surface area (Å²) in [5, 5.41) is 62.0. The van der Waals surface area contributed by atoms with Gasteiger partial charge in [0, 0.05) is 17.6 Å². The first-order valence-corrected chi connectivity index (χ1v) is 7.76. The second-order valence-electron chi connectivity index (χ2n) is 6.25. The Balaban J connectivity index is 0. The lowest BCUT2D eigenvalue weighted by Crippen LogP contribution is -2.41. The summed E-state index contributed by atoms with van der Waals surface area (Å²) in [6.07, 6.45) is 0. The van der Waals surface area contributed by atoms with Gasteiger partial charge in [-0.15, -0.1) is 0 Å². The molecular weight excluding hydrogens is 336 g/mol.